The Morgan fingerprint density at radius 3 is 2.44 bits per heavy atom. The number of terminal acetylenes is 1. The molecule has 0 saturated heterocycles. The van der Waals surface area contributed by atoms with Gasteiger partial charge in [0.2, 0.25) is 11.9 Å². The molecule has 1 unspecified atom stereocenters. The fourth-order valence-electron chi connectivity index (χ4n) is 1.21. The standard InChI is InChI=1S/C12H19N5S/c1-6-12(4,7-2)17-10-14-9(13-8-3)15-11(16-10)18-5/h1H,7-8H2,2-5H3,(H2,13,14,15,16,17). The van der Waals surface area contributed by atoms with Gasteiger partial charge in [-0.1, -0.05) is 24.6 Å². The van der Waals surface area contributed by atoms with Crippen LogP contribution in [-0.4, -0.2) is 33.3 Å². The second kappa shape index (κ2) is 6.45. The predicted molar refractivity (Wildman–Crippen MR) is 76.9 cm³/mol. The van der Waals surface area contributed by atoms with E-state index in [-0.39, 0.29) is 0 Å². The zero-order chi connectivity index (χ0) is 13.6. The van der Waals surface area contributed by atoms with Gasteiger partial charge in [0.05, 0.1) is 5.54 Å². The summed E-state index contributed by atoms with van der Waals surface area (Å²) in [4.78, 5) is 12.9. The van der Waals surface area contributed by atoms with Crippen LogP contribution in [-0.2, 0) is 0 Å². The fraction of sp³-hybridized carbons (Fsp3) is 0.583. The highest BCUT2D eigenvalue weighted by Gasteiger charge is 2.20. The predicted octanol–water partition coefficient (Wildman–Crippen LogP) is 2.24. The van der Waals surface area contributed by atoms with Gasteiger partial charge < -0.3 is 10.6 Å². The first-order chi connectivity index (χ1) is 8.56. The van der Waals surface area contributed by atoms with E-state index in [1.165, 1.54) is 11.8 Å². The molecular formula is C12H19N5S. The molecule has 0 amide bonds. The number of hydrogen-bond acceptors (Lipinski definition) is 6. The van der Waals surface area contributed by atoms with Gasteiger partial charge in [0.1, 0.15) is 0 Å². The first-order valence-electron chi connectivity index (χ1n) is 5.86. The monoisotopic (exact) mass is 265 g/mol. The van der Waals surface area contributed by atoms with Crippen LogP contribution in [0, 0.1) is 12.3 Å². The van der Waals surface area contributed by atoms with Gasteiger partial charge in [0, 0.05) is 6.54 Å². The van der Waals surface area contributed by atoms with E-state index in [2.05, 4.69) is 31.5 Å². The van der Waals surface area contributed by atoms with Crippen molar-refractivity contribution in [3.05, 3.63) is 0 Å². The van der Waals surface area contributed by atoms with Crippen molar-refractivity contribution in [3.8, 4) is 12.3 Å². The number of nitrogens with zero attached hydrogens (tertiary/aromatic N) is 3. The SMILES string of the molecule is C#CC(C)(CC)Nc1nc(NCC)nc(SC)n1. The Bertz CT molecular complexity index is 443. The van der Waals surface area contributed by atoms with Crippen LogP contribution >= 0.6 is 11.8 Å². The minimum atomic E-state index is -0.444. The third-order valence-corrected chi connectivity index (χ3v) is 3.09. The topological polar surface area (TPSA) is 62.7 Å². The fourth-order valence-corrected chi connectivity index (χ4v) is 1.57. The Kier molecular flexibility index (Phi) is 5.23. The maximum Gasteiger partial charge on any atom is 0.229 e. The smallest absolute Gasteiger partial charge is 0.229 e. The molecule has 1 atom stereocenters. The highest BCUT2D eigenvalue weighted by molar-refractivity contribution is 7.98. The van der Waals surface area contributed by atoms with E-state index in [9.17, 15) is 0 Å². The molecule has 1 heterocycles. The summed E-state index contributed by atoms with van der Waals surface area (Å²) in [6, 6.07) is 0. The van der Waals surface area contributed by atoms with E-state index in [0.717, 1.165) is 13.0 Å². The summed E-state index contributed by atoms with van der Waals surface area (Å²) in [5.74, 6) is 3.80. The molecule has 0 saturated carbocycles. The summed E-state index contributed by atoms with van der Waals surface area (Å²) in [5, 5.41) is 6.92. The summed E-state index contributed by atoms with van der Waals surface area (Å²) in [6.07, 6.45) is 8.25. The van der Waals surface area contributed by atoms with Crippen molar-refractivity contribution < 1.29 is 0 Å². The molecule has 1 aromatic rings. The number of rotatable bonds is 6. The van der Waals surface area contributed by atoms with Gasteiger partial charge in [-0.3, -0.25) is 0 Å². The maximum atomic E-state index is 5.53. The van der Waals surface area contributed by atoms with Crippen LogP contribution in [0.15, 0.2) is 5.16 Å². The zero-order valence-corrected chi connectivity index (χ0v) is 12.1. The molecule has 0 fully saturated rings. The van der Waals surface area contributed by atoms with Gasteiger partial charge in [-0.15, -0.1) is 6.42 Å². The van der Waals surface area contributed by atoms with E-state index >= 15 is 0 Å². The highest BCUT2D eigenvalue weighted by atomic mass is 32.2. The zero-order valence-electron chi connectivity index (χ0n) is 11.2. The first kappa shape index (κ1) is 14.6. The maximum absolute atomic E-state index is 5.53. The molecule has 0 aromatic carbocycles. The van der Waals surface area contributed by atoms with Crippen molar-refractivity contribution in [1.82, 2.24) is 15.0 Å². The number of nitrogens with one attached hydrogen (secondary N) is 2. The van der Waals surface area contributed by atoms with Crippen molar-refractivity contribution in [2.24, 2.45) is 0 Å². The van der Waals surface area contributed by atoms with Crippen molar-refractivity contribution in [1.29, 1.82) is 0 Å². The lowest BCUT2D eigenvalue weighted by Gasteiger charge is -2.23. The molecule has 98 valence electrons. The van der Waals surface area contributed by atoms with Gasteiger partial charge in [-0.25, -0.2) is 0 Å². The lowest BCUT2D eigenvalue weighted by Crippen LogP contribution is -2.33. The lowest BCUT2D eigenvalue weighted by molar-refractivity contribution is 0.624. The van der Waals surface area contributed by atoms with Gasteiger partial charge in [0.25, 0.3) is 0 Å². The van der Waals surface area contributed by atoms with Gasteiger partial charge in [-0.05, 0) is 26.5 Å². The van der Waals surface area contributed by atoms with Crippen LogP contribution in [0.3, 0.4) is 0 Å². The summed E-state index contributed by atoms with van der Waals surface area (Å²) >= 11 is 1.47. The van der Waals surface area contributed by atoms with E-state index in [0.29, 0.717) is 17.1 Å². The number of aromatic nitrogens is 3. The van der Waals surface area contributed by atoms with Crippen LogP contribution < -0.4 is 10.6 Å². The van der Waals surface area contributed by atoms with Crippen LogP contribution in [0.2, 0.25) is 0 Å². The Morgan fingerprint density at radius 2 is 1.94 bits per heavy atom. The Hall–Kier alpha value is -1.48. The molecule has 0 spiro atoms. The summed E-state index contributed by atoms with van der Waals surface area (Å²) < 4.78 is 0. The normalized spacial score (nSPS) is 13.5. The van der Waals surface area contributed by atoms with Crippen molar-refractivity contribution in [2.45, 2.75) is 37.9 Å². The quantitative estimate of drug-likeness (QED) is 0.607. The molecule has 0 bridgehead atoms. The molecule has 0 aliphatic heterocycles. The van der Waals surface area contributed by atoms with Crippen LogP contribution in [0.25, 0.3) is 0 Å². The second-order valence-corrected chi connectivity index (χ2v) is 4.73. The third kappa shape index (κ3) is 3.77. The molecule has 1 rings (SSSR count). The minimum Gasteiger partial charge on any atom is -0.354 e. The number of thioether (sulfide) groups is 1. The summed E-state index contributed by atoms with van der Waals surface area (Å²) in [5.41, 5.74) is -0.444. The second-order valence-electron chi connectivity index (χ2n) is 3.95. The molecule has 0 aliphatic rings. The van der Waals surface area contributed by atoms with Crippen molar-refractivity contribution in [2.75, 3.05) is 23.4 Å². The van der Waals surface area contributed by atoms with Gasteiger partial charge in [0.15, 0.2) is 5.16 Å². The molecular weight excluding hydrogens is 246 g/mol. The summed E-state index contributed by atoms with van der Waals surface area (Å²) in [6.45, 7) is 6.72. The Labute approximate surface area is 113 Å². The molecule has 0 aliphatic carbocycles. The molecule has 5 nitrogen and oxygen atoms in total. The van der Waals surface area contributed by atoms with Gasteiger partial charge in [-0.2, -0.15) is 15.0 Å². The van der Waals surface area contributed by atoms with Crippen molar-refractivity contribution >= 4 is 23.7 Å². The molecule has 1 aromatic heterocycles. The third-order valence-electron chi connectivity index (χ3n) is 2.55. The van der Waals surface area contributed by atoms with E-state index in [1.807, 2.05) is 27.0 Å². The van der Waals surface area contributed by atoms with E-state index < -0.39 is 5.54 Å². The average Bonchev–Trinajstić information content (AvgIpc) is 2.38. The molecule has 18 heavy (non-hydrogen) atoms. The lowest BCUT2D eigenvalue weighted by atomic mass is 10.0. The average molecular weight is 265 g/mol. The molecule has 2 N–H and O–H groups in total. The molecule has 6 heteroatoms. The highest BCUT2D eigenvalue weighted by Crippen LogP contribution is 2.18. The number of anilines is 2. The van der Waals surface area contributed by atoms with Crippen LogP contribution in [0.1, 0.15) is 27.2 Å². The largest absolute Gasteiger partial charge is 0.354 e. The Morgan fingerprint density at radius 1 is 1.28 bits per heavy atom. The van der Waals surface area contributed by atoms with Crippen LogP contribution in [0.5, 0.6) is 0 Å². The summed E-state index contributed by atoms with van der Waals surface area (Å²) in [7, 11) is 0. The van der Waals surface area contributed by atoms with Crippen molar-refractivity contribution in [3.63, 3.8) is 0 Å². The van der Waals surface area contributed by atoms with E-state index in [1.54, 1.807) is 0 Å². The molecule has 0 radical (unpaired) electrons. The first-order valence-corrected chi connectivity index (χ1v) is 7.09. The van der Waals surface area contributed by atoms with Crippen LogP contribution in [0.4, 0.5) is 11.9 Å². The Balaban J connectivity index is 3.01. The van der Waals surface area contributed by atoms with Gasteiger partial charge >= 0.3 is 0 Å². The number of hydrogen-bond donors (Lipinski definition) is 2. The minimum absolute atomic E-state index is 0.444. The van der Waals surface area contributed by atoms with E-state index in [4.69, 9.17) is 6.42 Å².